The Morgan fingerprint density at radius 1 is 1.53 bits per heavy atom. The first-order chi connectivity index (χ1) is 8.22. The van der Waals surface area contributed by atoms with Gasteiger partial charge in [-0.1, -0.05) is 6.07 Å². The Morgan fingerprint density at radius 2 is 2.29 bits per heavy atom. The molecule has 92 valence electrons. The van der Waals surface area contributed by atoms with Crippen molar-refractivity contribution in [3.05, 3.63) is 23.8 Å². The molecule has 1 aromatic carbocycles. The second-order valence-corrected chi connectivity index (χ2v) is 4.43. The van der Waals surface area contributed by atoms with Gasteiger partial charge in [-0.15, -0.1) is 0 Å². The quantitative estimate of drug-likeness (QED) is 0.817. The minimum Gasteiger partial charge on any atom is -0.495 e. The smallest absolute Gasteiger partial charge is 0.224 e. The minimum atomic E-state index is 0.0614. The maximum absolute atomic E-state index is 11.7. The molecule has 1 fully saturated rings. The van der Waals surface area contributed by atoms with E-state index in [1.165, 1.54) is 12.8 Å². The van der Waals surface area contributed by atoms with Gasteiger partial charge in [-0.25, -0.2) is 0 Å². The summed E-state index contributed by atoms with van der Waals surface area (Å²) in [6, 6.07) is 5.59. The molecule has 1 aliphatic carbocycles. The van der Waals surface area contributed by atoms with Gasteiger partial charge in [-0.2, -0.15) is 0 Å². The van der Waals surface area contributed by atoms with Crippen molar-refractivity contribution in [2.45, 2.75) is 25.8 Å². The number of nitrogens with one attached hydrogen (secondary N) is 1. The third-order valence-electron chi connectivity index (χ3n) is 2.95. The Labute approximate surface area is 101 Å². The molecule has 1 aliphatic rings. The van der Waals surface area contributed by atoms with Gasteiger partial charge in [0.05, 0.1) is 12.8 Å². The number of rotatable bonds is 5. The van der Waals surface area contributed by atoms with Crippen molar-refractivity contribution >= 4 is 11.6 Å². The van der Waals surface area contributed by atoms with Crippen LogP contribution in [0.15, 0.2) is 18.2 Å². The number of hydrogen-bond acceptors (Lipinski definition) is 3. The van der Waals surface area contributed by atoms with Crippen molar-refractivity contribution < 1.29 is 9.53 Å². The zero-order valence-electron chi connectivity index (χ0n) is 10.0. The van der Waals surface area contributed by atoms with Crippen LogP contribution in [0.25, 0.3) is 0 Å². The summed E-state index contributed by atoms with van der Waals surface area (Å²) >= 11 is 0. The molecular weight excluding hydrogens is 216 g/mol. The summed E-state index contributed by atoms with van der Waals surface area (Å²) in [4.78, 5) is 11.7. The summed E-state index contributed by atoms with van der Waals surface area (Å²) in [7, 11) is 1.59. The van der Waals surface area contributed by atoms with Crippen LogP contribution in [0.3, 0.4) is 0 Å². The van der Waals surface area contributed by atoms with Crippen LogP contribution in [0.2, 0.25) is 0 Å². The van der Waals surface area contributed by atoms with Crippen LogP contribution in [0.5, 0.6) is 5.75 Å². The van der Waals surface area contributed by atoms with Gasteiger partial charge in [0.15, 0.2) is 0 Å². The normalized spacial score (nSPS) is 14.5. The number of carbonyl (C=O) groups excluding carboxylic acids is 1. The van der Waals surface area contributed by atoms with Gasteiger partial charge < -0.3 is 15.8 Å². The number of carbonyl (C=O) groups is 1. The Kier molecular flexibility index (Phi) is 3.64. The van der Waals surface area contributed by atoms with E-state index in [4.69, 9.17) is 10.5 Å². The SMILES string of the molecule is COc1cc(CN)ccc1NC(=O)CC1CC1. The molecule has 1 aromatic rings. The van der Waals surface area contributed by atoms with Crippen molar-refractivity contribution in [3.8, 4) is 5.75 Å². The Balaban J connectivity index is 2.05. The molecule has 0 heterocycles. The van der Waals surface area contributed by atoms with E-state index in [0.29, 0.717) is 24.6 Å². The van der Waals surface area contributed by atoms with Crippen molar-refractivity contribution in [1.29, 1.82) is 0 Å². The lowest BCUT2D eigenvalue weighted by Gasteiger charge is -2.11. The summed E-state index contributed by atoms with van der Waals surface area (Å²) in [5.74, 6) is 1.31. The summed E-state index contributed by atoms with van der Waals surface area (Å²) in [5, 5.41) is 2.88. The van der Waals surface area contributed by atoms with Crippen LogP contribution < -0.4 is 15.8 Å². The number of hydrogen-bond donors (Lipinski definition) is 2. The molecular formula is C13H18N2O2. The molecule has 17 heavy (non-hydrogen) atoms. The highest BCUT2D eigenvalue weighted by Crippen LogP contribution is 2.33. The molecule has 0 bridgehead atoms. The van der Waals surface area contributed by atoms with E-state index in [1.807, 2.05) is 18.2 Å². The molecule has 0 atom stereocenters. The van der Waals surface area contributed by atoms with E-state index < -0.39 is 0 Å². The fourth-order valence-corrected chi connectivity index (χ4v) is 1.75. The maximum Gasteiger partial charge on any atom is 0.224 e. The molecule has 0 aromatic heterocycles. The molecule has 0 saturated heterocycles. The Morgan fingerprint density at radius 3 is 2.88 bits per heavy atom. The topological polar surface area (TPSA) is 64.3 Å². The van der Waals surface area contributed by atoms with Crippen molar-refractivity contribution in [2.24, 2.45) is 11.7 Å². The zero-order chi connectivity index (χ0) is 12.3. The molecule has 4 nitrogen and oxygen atoms in total. The number of anilines is 1. The van der Waals surface area contributed by atoms with Gasteiger partial charge in [0, 0.05) is 13.0 Å². The van der Waals surface area contributed by atoms with Crippen molar-refractivity contribution in [1.82, 2.24) is 0 Å². The molecule has 2 rings (SSSR count). The second-order valence-electron chi connectivity index (χ2n) is 4.43. The molecule has 3 N–H and O–H groups in total. The number of amides is 1. The second kappa shape index (κ2) is 5.19. The monoisotopic (exact) mass is 234 g/mol. The van der Waals surface area contributed by atoms with E-state index >= 15 is 0 Å². The Bertz CT molecular complexity index is 414. The largest absolute Gasteiger partial charge is 0.495 e. The Hall–Kier alpha value is -1.55. The lowest BCUT2D eigenvalue weighted by molar-refractivity contribution is -0.116. The lowest BCUT2D eigenvalue weighted by atomic mass is 10.2. The van der Waals surface area contributed by atoms with Crippen LogP contribution in [0.4, 0.5) is 5.69 Å². The fraction of sp³-hybridized carbons (Fsp3) is 0.462. The number of nitrogens with two attached hydrogens (primary N) is 1. The van der Waals surface area contributed by atoms with Crippen LogP contribution in [-0.2, 0) is 11.3 Å². The molecule has 4 heteroatoms. The standard InChI is InChI=1S/C13H18N2O2/c1-17-12-6-10(8-14)4-5-11(12)15-13(16)7-9-2-3-9/h4-6,9H,2-3,7-8,14H2,1H3,(H,15,16). The van der Waals surface area contributed by atoms with Gasteiger partial charge >= 0.3 is 0 Å². The van der Waals surface area contributed by atoms with Crippen LogP contribution in [0, 0.1) is 5.92 Å². The number of ether oxygens (including phenoxy) is 1. The summed E-state index contributed by atoms with van der Waals surface area (Å²) in [5.41, 5.74) is 7.26. The van der Waals surface area contributed by atoms with Crippen molar-refractivity contribution in [2.75, 3.05) is 12.4 Å². The molecule has 1 amide bonds. The average molecular weight is 234 g/mol. The predicted molar refractivity (Wildman–Crippen MR) is 66.9 cm³/mol. The van der Waals surface area contributed by atoms with Gasteiger partial charge in [0.25, 0.3) is 0 Å². The highest BCUT2D eigenvalue weighted by Gasteiger charge is 2.24. The first-order valence-corrected chi connectivity index (χ1v) is 5.89. The van der Waals surface area contributed by atoms with Crippen LogP contribution in [0.1, 0.15) is 24.8 Å². The number of benzene rings is 1. The molecule has 0 aliphatic heterocycles. The summed E-state index contributed by atoms with van der Waals surface area (Å²) < 4.78 is 5.24. The third kappa shape index (κ3) is 3.20. The number of methoxy groups -OCH3 is 1. The lowest BCUT2D eigenvalue weighted by Crippen LogP contribution is -2.13. The molecule has 0 unspecified atom stereocenters. The van der Waals surface area contributed by atoms with Crippen LogP contribution >= 0.6 is 0 Å². The van der Waals surface area contributed by atoms with Gasteiger partial charge in [-0.3, -0.25) is 4.79 Å². The van der Waals surface area contributed by atoms with Crippen molar-refractivity contribution in [3.63, 3.8) is 0 Å². The van der Waals surface area contributed by atoms with E-state index in [2.05, 4.69) is 5.32 Å². The zero-order valence-corrected chi connectivity index (χ0v) is 10.0. The summed E-state index contributed by atoms with van der Waals surface area (Å²) in [6.07, 6.45) is 2.97. The predicted octanol–water partition coefficient (Wildman–Crippen LogP) is 1.89. The van der Waals surface area contributed by atoms with Gasteiger partial charge in [0.2, 0.25) is 5.91 Å². The molecule has 0 spiro atoms. The third-order valence-corrected chi connectivity index (χ3v) is 2.95. The maximum atomic E-state index is 11.7. The highest BCUT2D eigenvalue weighted by atomic mass is 16.5. The van der Waals surface area contributed by atoms with E-state index in [1.54, 1.807) is 7.11 Å². The van der Waals surface area contributed by atoms with Gasteiger partial charge in [0.1, 0.15) is 5.75 Å². The van der Waals surface area contributed by atoms with E-state index in [-0.39, 0.29) is 5.91 Å². The summed E-state index contributed by atoms with van der Waals surface area (Å²) in [6.45, 7) is 0.465. The first-order valence-electron chi connectivity index (χ1n) is 5.89. The fourth-order valence-electron chi connectivity index (χ4n) is 1.75. The van der Waals surface area contributed by atoms with Gasteiger partial charge in [-0.05, 0) is 36.5 Å². The first kappa shape index (κ1) is 11.9. The minimum absolute atomic E-state index is 0.0614. The molecule has 1 saturated carbocycles. The average Bonchev–Trinajstić information content (AvgIpc) is 3.13. The molecule has 0 radical (unpaired) electrons. The van der Waals surface area contributed by atoms with E-state index in [0.717, 1.165) is 11.3 Å². The van der Waals surface area contributed by atoms with E-state index in [9.17, 15) is 4.79 Å². The highest BCUT2D eigenvalue weighted by molar-refractivity contribution is 5.92. The van der Waals surface area contributed by atoms with Crippen LogP contribution in [-0.4, -0.2) is 13.0 Å².